The van der Waals surface area contributed by atoms with Crippen LogP contribution in [0.4, 0.5) is 0 Å². The van der Waals surface area contributed by atoms with Crippen LogP contribution in [0.1, 0.15) is 45.7 Å². The van der Waals surface area contributed by atoms with Gasteiger partial charge in [0.05, 0.1) is 0 Å². The van der Waals surface area contributed by atoms with E-state index in [0.29, 0.717) is 12.6 Å². The molecule has 1 aromatic carbocycles. The molecule has 20 heavy (non-hydrogen) atoms. The summed E-state index contributed by atoms with van der Waals surface area (Å²) in [7, 11) is 0. The van der Waals surface area contributed by atoms with Crippen molar-refractivity contribution in [3.8, 4) is 23.3 Å². The first-order chi connectivity index (χ1) is 9.55. The first-order valence-electron chi connectivity index (χ1n) is 7.14. The van der Waals surface area contributed by atoms with E-state index in [2.05, 4.69) is 44.0 Å². The molecular formula is C17H23NO2. The molecule has 0 radical (unpaired) electrons. The van der Waals surface area contributed by atoms with Crippen LogP contribution in [0.25, 0.3) is 0 Å². The van der Waals surface area contributed by atoms with Gasteiger partial charge in [-0.3, -0.25) is 0 Å². The predicted octanol–water partition coefficient (Wildman–Crippen LogP) is 3.30. The third-order valence-electron chi connectivity index (χ3n) is 3.38. The fraction of sp³-hybridized carbons (Fsp3) is 0.529. The van der Waals surface area contributed by atoms with E-state index in [9.17, 15) is 0 Å². The number of benzene rings is 1. The topological polar surface area (TPSA) is 30.5 Å². The Bertz CT molecular complexity index is 526. The number of hydrogen-bond donors (Lipinski definition) is 1. The maximum atomic E-state index is 6.09. The molecule has 1 aliphatic heterocycles. The van der Waals surface area contributed by atoms with E-state index in [4.69, 9.17) is 9.47 Å². The van der Waals surface area contributed by atoms with Crippen molar-refractivity contribution in [2.75, 3.05) is 13.2 Å². The van der Waals surface area contributed by atoms with Crippen molar-refractivity contribution in [3.05, 3.63) is 23.8 Å². The molecule has 0 amide bonds. The maximum Gasteiger partial charge on any atom is 0.149 e. The molecule has 2 rings (SSSR count). The van der Waals surface area contributed by atoms with Gasteiger partial charge in [-0.1, -0.05) is 18.9 Å². The zero-order valence-electron chi connectivity index (χ0n) is 12.7. The van der Waals surface area contributed by atoms with Gasteiger partial charge in [0.15, 0.2) is 0 Å². The van der Waals surface area contributed by atoms with Gasteiger partial charge in [0, 0.05) is 24.1 Å². The van der Waals surface area contributed by atoms with Crippen LogP contribution in [0, 0.1) is 11.8 Å². The van der Waals surface area contributed by atoms with Crippen LogP contribution in [0.3, 0.4) is 0 Å². The van der Waals surface area contributed by atoms with Crippen LogP contribution in [0.2, 0.25) is 0 Å². The fourth-order valence-electron chi connectivity index (χ4n) is 2.54. The molecule has 108 valence electrons. The summed E-state index contributed by atoms with van der Waals surface area (Å²) in [5.74, 6) is 7.43. The van der Waals surface area contributed by atoms with Gasteiger partial charge in [-0.2, -0.15) is 0 Å². The minimum Gasteiger partial charge on any atom is -0.487 e. The number of ether oxygens (including phenoxy) is 2. The molecule has 0 saturated heterocycles. The highest BCUT2D eigenvalue weighted by atomic mass is 16.5. The molecule has 0 bridgehead atoms. The predicted molar refractivity (Wildman–Crippen MR) is 81.1 cm³/mol. The molecule has 1 atom stereocenters. The van der Waals surface area contributed by atoms with Crippen molar-refractivity contribution >= 4 is 0 Å². The molecule has 1 heterocycles. The summed E-state index contributed by atoms with van der Waals surface area (Å²) in [6.07, 6.45) is 0.968. The van der Waals surface area contributed by atoms with Crippen LogP contribution in [0.5, 0.6) is 11.5 Å². The molecule has 0 saturated carbocycles. The van der Waals surface area contributed by atoms with E-state index in [1.54, 1.807) is 0 Å². The summed E-state index contributed by atoms with van der Waals surface area (Å²) < 4.78 is 11.7. The monoisotopic (exact) mass is 273 g/mol. The standard InChI is InChI=1S/C17H23NO2/c1-5-7-10-19-13-8-9-14-15(18-6-2)12-17(3,4)20-16(14)11-13/h8-9,11,15,18H,6,10,12H2,1-4H3. The quantitative estimate of drug-likeness (QED) is 0.854. The average Bonchev–Trinajstić information content (AvgIpc) is 2.37. The number of rotatable bonds is 4. The van der Waals surface area contributed by atoms with Crippen LogP contribution < -0.4 is 14.8 Å². The van der Waals surface area contributed by atoms with Crippen LogP contribution in [-0.4, -0.2) is 18.8 Å². The summed E-state index contributed by atoms with van der Waals surface area (Å²) in [4.78, 5) is 0. The Balaban J connectivity index is 2.24. The maximum absolute atomic E-state index is 6.09. The van der Waals surface area contributed by atoms with Gasteiger partial charge >= 0.3 is 0 Å². The van der Waals surface area contributed by atoms with Crippen LogP contribution in [-0.2, 0) is 0 Å². The Labute approximate surface area is 121 Å². The van der Waals surface area contributed by atoms with Gasteiger partial charge in [-0.15, -0.1) is 5.92 Å². The molecule has 3 heteroatoms. The Hall–Kier alpha value is -1.66. The molecule has 0 aromatic heterocycles. The van der Waals surface area contributed by atoms with Crippen molar-refractivity contribution < 1.29 is 9.47 Å². The zero-order chi connectivity index (χ0) is 14.6. The van der Waals surface area contributed by atoms with Gasteiger partial charge in [0.25, 0.3) is 0 Å². The summed E-state index contributed by atoms with van der Waals surface area (Å²) in [6, 6.07) is 6.38. The molecule has 0 spiro atoms. The van der Waals surface area contributed by atoms with Crippen molar-refractivity contribution in [1.82, 2.24) is 5.32 Å². The van der Waals surface area contributed by atoms with E-state index in [1.165, 1.54) is 5.56 Å². The second-order valence-electron chi connectivity index (χ2n) is 5.59. The molecule has 1 aromatic rings. The molecule has 0 fully saturated rings. The van der Waals surface area contributed by atoms with Gasteiger partial charge in [0.1, 0.15) is 23.7 Å². The lowest BCUT2D eigenvalue weighted by molar-refractivity contribution is 0.0661. The van der Waals surface area contributed by atoms with Gasteiger partial charge < -0.3 is 14.8 Å². The lowest BCUT2D eigenvalue weighted by Crippen LogP contribution is -2.39. The highest BCUT2D eigenvalue weighted by Crippen LogP contribution is 2.41. The highest BCUT2D eigenvalue weighted by Gasteiger charge is 2.33. The molecule has 1 aliphatic rings. The number of fused-ring (bicyclic) bond motifs is 1. The minimum absolute atomic E-state index is 0.165. The van der Waals surface area contributed by atoms with E-state index in [0.717, 1.165) is 24.5 Å². The van der Waals surface area contributed by atoms with Crippen LogP contribution in [0.15, 0.2) is 18.2 Å². The minimum atomic E-state index is -0.165. The largest absolute Gasteiger partial charge is 0.487 e. The summed E-state index contributed by atoms with van der Waals surface area (Å²) >= 11 is 0. The summed E-state index contributed by atoms with van der Waals surface area (Å²) in [5, 5.41) is 3.52. The molecular weight excluding hydrogens is 250 g/mol. The summed E-state index contributed by atoms with van der Waals surface area (Å²) in [6.45, 7) is 9.54. The number of nitrogens with one attached hydrogen (secondary N) is 1. The van der Waals surface area contributed by atoms with Crippen molar-refractivity contribution in [2.45, 2.75) is 45.8 Å². The van der Waals surface area contributed by atoms with Gasteiger partial charge in [-0.05, 0) is 33.4 Å². The third-order valence-corrected chi connectivity index (χ3v) is 3.38. The SMILES string of the molecule is CC#CCOc1ccc2c(c1)OC(C)(C)CC2NCC. The van der Waals surface area contributed by atoms with Crippen molar-refractivity contribution in [1.29, 1.82) is 0 Å². The van der Waals surface area contributed by atoms with E-state index in [-0.39, 0.29) is 5.60 Å². The Morgan fingerprint density at radius 2 is 2.25 bits per heavy atom. The smallest absolute Gasteiger partial charge is 0.149 e. The Morgan fingerprint density at radius 3 is 2.95 bits per heavy atom. The van der Waals surface area contributed by atoms with E-state index < -0.39 is 0 Å². The first kappa shape index (κ1) is 14.7. The normalized spacial score (nSPS) is 19.3. The zero-order valence-corrected chi connectivity index (χ0v) is 12.7. The van der Waals surface area contributed by atoms with Gasteiger partial charge in [-0.25, -0.2) is 0 Å². The lowest BCUT2D eigenvalue weighted by Gasteiger charge is -2.38. The molecule has 1 unspecified atom stereocenters. The van der Waals surface area contributed by atoms with E-state index >= 15 is 0 Å². The third kappa shape index (κ3) is 3.46. The summed E-state index contributed by atoms with van der Waals surface area (Å²) in [5.41, 5.74) is 1.04. The average molecular weight is 273 g/mol. The van der Waals surface area contributed by atoms with Gasteiger partial charge in [0.2, 0.25) is 0 Å². The second-order valence-corrected chi connectivity index (χ2v) is 5.59. The Morgan fingerprint density at radius 1 is 1.45 bits per heavy atom. The lowest BCUT2D eigenvalue weighted by atomic mass is 9.89. The van der Waals surface area contributed by atoms with Crippen LogP contribution >= 0.6 is 0 Å². The second kappa shape index (κ2) is 6.19. The highest BCUT2D eigenvalue weighted by molar-refractivity contribution is 5.44. The van der Waals surface area contributed by atoms with E-state index in [1.807, 2.05) is 19.1 Å². The fourth-order valence-corrected chi connectivity index (χ4v) is 2.54. The Kier molecular flexibility index (Phi) is 4.57. The molecule has 3 nitrogen and oxygen atoms in total. The molecule has 1 N–H and O–H groups in total. The van der Waals surface area contributed by atoms with Crippen molar-refractivity contribution in [2.24, 2.45) is 0 Å². The first-order valence-corrected chi connectivity index (χ1v) is 7.14. The van der Waals surface area contributed by atoms with Crippen molar-refractivity contribution in [3.63, 3.8) is 0 Å². The number of hydrogen-bond acceptors (Lipinski definition) is 3. The molecule has 0 aliphatic carbocycles.